The molecule has 0 aromatic heterocycles. The van der Waals surface area contributed by atoms with E-state index in [1.165, 1.54) is 13.0 Å². The fourth-order valence-electron chi connectivity index (χ4n) is 1.42. The van der Waals surface area contributed by atoms with Crippen molar-refractivity contribution in [3.8, 4) is 0 Å². The first-order chi connectivity index (χ1) is 9.04. The van der Waals surface area contributed by atoms with Gasteiger partial charge in [0.2, 0.25) is 0 Å². The predicted octanol–water partition coefficient (Wildman–Crippen LogP) is 3.01. The average Bonchev–Trinajstić information content (AvgIpc) is 2.42. The largest absolute Gasteiger partial charge is 0.478 e. The van der Waals surface area contributed by atoms with Crippen molar-refractivity contribution in [1.29, 1.82) is 0 Å². The molecule has 4 nitrogen and oxygen atoms in total. The van der Waals surface area contributed by atoms with Gasteiger partial charge < -0.3 is 9.84 Å². The molecule has 0 saturated carbocycles. The molecule has 0 atom stereocenters. The minimum atomic E-state index is -1.09. The highest BCUT2D eigenvalue weighted by atomic mass is 16.5. The maximum Gasteiger partial charge on any atom is 0.335 e. The number of carboxylic acids is 1. The van der Waals surface area contributed by atoms with Gasteiger partial charge in [-0.3, -0.25) is 0 Å². The Bertz CT molecular complexity index is 512. The van der Waals surface area contributed by atoms with Gasteiger partial charge >= 0.3 is 11.9 Å². The van der Waals surface area contributed by atoms with Crippen molar-refractivity contribution in [3.63, 3.8) is 0 Å². The van der Waals surface area contributed by atoms with Crippen molar-refractivity contribution in [1.82, 2.24) is 0 Å². The number of ether oxygens (including phenoxy) is 1. The summed E-state index contributed by atoms with van der Waals surface area (Å²) in [6.07, 6.45) is 3.24. The van der Waals surface area contributed by atoms with Crippen molar-refractivity contribution in [2.45, 2.75) is 20.3 Å². The molecule has 0 aliphatic carbocycles. The molecule has 0 fully saturated rings. The summed E-state index contributed by atoms with van der Waals surface area (Å²) in [5.41, 5.74) is 0.917. The molecule has 0 bridgehead atoms. The van der Waals surface area contributed by atoms with Crippen molar-refractivity contribution >= 4 is 18.0 Å². The van der Waals surface area contributed by atoms with Crippen LogP contribution in [0.1, 0.15) is 25.8 Å². The molecule has 1 aromatic rings. The fourth-order valence-corrected chi connectivity index (χ4v) is 1.42. The number of carbonyl (C=O) groups is 2. The van der Waals surface area contributed by atoms with E-state index in [2.05, 4.69) is 0 Å². The Morgan fingerprint density at radius 1 is 1.26 bits per heavy atom. The zero-order valence-electron chi connectivity index (χ0n) is 10.9. The highest BCUT2D eigenvalue weighted by Gasteiger charge is 2.11. The summed E-state index contributed by atoms with van der Waals surface area (Å²) in [4.78, 5) is 22.4. The molecule has 0 amide bonds. The van der Waals surface area contributed by atoms with Gasteiger partial charge in [0, 0.05) is 12.5 Å². The van der Waals surface area contributed by atoms with Crippen LogP contribution in [0, 0.1) is 0 Å². The van der Waals surface area contributed by atoms with Gasteiger partial charge in [0.25, 0.3) is 0 Å². The predicted molar refractivity (Wildman–Crippen MR) is 72.2 cm³/mol. The first-order valence-corrected chi connectivity index (χ1v) is 5.92. The normalized spacial score (nSPS) is 12.1. The molecule has 1 rings (SSSR count). The highest BCUT2D eigenvalue weighted by molar-refractivity contribution is 5.90. The molecule has 1 N–H and O–H groups in total. The van der Waals surface area contributed by atoms with Crippen molar-refractivity contribution in [3.05, 3.63) is 53.3 Å². The smallest absolute Gasteiger partial charge is 0.335 e. The van der Waals surface area contributed by atoms with E-state index in [9.17, 15) is 9.59 Å². The highest BCUT2D eigenvalue weighted by Crippen LogP contribution is 2.11. The Morgan fingerprint density at radius 3 is 2.42 bits per heavy atom. The molecule has 0 heterocycles. The van der Waals surface area contributed by atoms with Crippen LogP contribution in [0.3, 0.4) is 0 Å². The number of rotatable bonds is 5. The quantitative estimate of drug-likeness (QED) is 0.502. The fraction of sp³-hybridized carbons (Fsp3) is 0.200. The molecular formula is C15H16O4. The van der Waals surface area contributed by atoms with Crippen LogP contribution < -0.4 is 0 Å². The Balaban J connectivity index is 2.72. The van der Waals surface area contributed by atoms with E-state index in [4.69, 9.17) is 9.84 Å². The number of carbonyl (C=O) groups excluding carboxylic acids is 1. The Hall–Kier alpha value is -2.36. The van der Waals surface area contributed by atoms with E-state index in [1.807, 2.05) is 30.3 Å². The third-order valence-corrected chi connectivity index (χ3v) is 2.50. The van der Waals surface area contributed by atoms with Crippen molar-refractivity contribution < 1.29 is 19.4 Å². The number of benzene rings is 1. The Kier molecular flexibility index (Phi) is 5.54. The lowest BCUT2D eigenvalue weighted by molar-refractivity contribution is -0.135. The second kappa shape index (κ2) is 7.16. The van der Waals surface area contributed by atoms with Gasteiger partial charge in [-0.2, -0.15) is 0 Å². The summed E-state index contributed by atoms with van der Waals surface area (Å²) < 4.78 is 5.02. The SMILES string of the molecule is CC/C(OC(=O)/C=C/c1ccccc1)=C(/C)C(=O)O. The van der Waals surface area contributed by atoms with E-state index in [0.717, 1.165) is 5.56 Å². The number of aliphatic carboxylic acids is 1. The zero-order valence-corrected chi connectivity index (χ0v) is 10.9. The molecule has 100 valence electrons. The maximum absolute atomic E-state index is 11.6. The molecule has 4 heteroatoms. The van der Waals surface area contributed by atoms with Crippen LogP contribution in [0.15, 0.2) is 47.7 Å². The summed E-state index contributed by atoms with van der Waals surface area (Å²) in [6, 6.07) is 9.30. The molecule has 0 aliphatic rings. The first kappa shape index (κ1) is 14.7. The molecule has 0 saturated heterocycles. The van der Waals surface area contributed by atoms with Crippen LogP contribution in [-0.2, 0) is 14.3 Å². The molecule has 19 heavy (non-hydrogen) atoms. The molecule has 0 aliphatic heterocycles. The number of allylic oxidation sites excluding steroid dienone is 1. The molecular weight excluding hydrogens is 244 g/mol. The topological polar surface area (TPSA) is 63.6 Å². The Morgan fingerprint density at radius 2 is 1.89 bits per heavy atom. The average molecular weight is 260 g/mol. The van der Waals surface area contributed by atoms with Crippen LogP contribution in [0.5, 0.6) is 0 Å². The van der Waals surface area contributed by atoms with Crippen LogP contribution in [0.25, 0.3) is 6.08 Å². The summed E-state index contributed by atoms with van der Waals surface area (Å²) in [5.74, 6) is -1.49. The molecule has 0 radical (unpaired) electrons. The molecule has 0 spiro atoms. The third-order valence-electron chi connectivity index (χ3n) is 2.50. The van der Waals surface area contributed by atoms with Crippen LogP contribution in [-0.4, -0.2) is 17.0 Å². The maximum atomic E-state index is 11.6. The number of esters is 1. The van der Waals surface area contributed by atoms with Crippen molar-refractivity contribution in [2.24, 2.45) is 0 Å². The van der Waals surface area contributed by atoms with Gasteiger partial charge in [0.05, 0.1) is 5.57 Å². The van der Waals surface area contributed by atoms with Gasteiger partial charge in [-0.25, -0.2) is 9.59 Å². The number of carboxylic acid groups (broad SMARTS) is 1. The van der Waals surface area contributed by atoms with E-state index < -0.39 is 11.9 Å². The monoisotopic (exact) mass is 260 g/mol. The van der Waals surface area contributed by atoms with E-state index in [0.29, 0.717) is 6.42 Å². The Labute approximate surface area is 112 Å². The second-order valence-electron chi connectivity index (χ2n) is 3.87. The van der Waals surface area contributed by atoms with Gasteiger partial charge in [-0.1, -0.05) is 37.3 Å². The minimum absolute atomic E-state index is 0.0453. The standard InChI is InChI=1S/C15H16O4/c1-3-13(11(2)15(17)18)19-14(16)10-9-12-7-5-4-6-8-12/h4-10H,3H2,1-2H3,(H,17,18)/b10-9+,13-11+. The lowest BCUT2D eigenvalue weighted by atomic mass is 10.2. The third kappa shape index (κ3) is 4.79. The first-order valence-electron chi connectivity index (χ1n) is 5.92. The van der Waals surface area contributed by atoms with Crippen LogP contribution in [0.4, 0.5) is 0 Å². The minimum Gasteiger partial charge on any atom is -0.478 e. The van der Waals surface area contributed by atoms with E-state index >= 15 is 0 Å². The summed E-state index contributed by atoms with van der Waals surface area (Å²) in [7, 11) is 0. The summed E-state index contributed by atoms with van der Waals surface area (Å²) in [5, 5.41) is 8.84. The second-order valence-corrected chi connectivity index (χ2v) is 3.87. The summed E-state index contributed by atoms with van der Waals surface area (Å²) >= 11 is 0. The van der Waals surface area contributed by atoms with Gasteiger partial charge in [-0.15, -0.1) is 0 Å². The molecule has 1 aromatic carbocycles. The van der Waals surface area contributed by atoms with Crippen molar-refractivity contribution in [2.75, 3.05) is 0 Å². The van der Waals surface area contributed by atoms with E-state index in [1.54, 1.807) is 13.0 Å². The van der Waals surface area contributed by atoms with E-state index in [-0.39, 0.29) is 11.3 Å². The van der Waals surface area contributed by atoms with Gasteiger partial charge in [-0.05, 0) is 18.6 Å². The summed E-state index contributed by atoms with van der Waals surface area (Å²) in [6.45, 7) is 3.14. The van der Waals surface area contributed by atoms with Gasteiger partial charge in [0.15, 0.2) is 0 Å². The van der Waals surface area contributed by atoms with Crippen LogP contribution in [0.2, 0.25) is 0 Å². The number of hydrogen-bond donors (Lipinski definition) is 1. The molecule has 0 unspecified atom stereocenters. The number of hydrogen-bond acceptors (Lipinski definition) is 3. The van der Waals surface area contributed by atoms with Crippen LogP contribution >= 0.6 is 0 Å². The lowest BCUT2D eigenvalue weighted by Crippen LogP contribution is -2.07. The van der Waals surface area contributed by atoms with Gasteiger partial charge in [0.1, 0.15) is 5.76 Å². The lowest BCUT2D eigenvalue weighted by Gasteiger charge is -2.06. The zero-order chi connectivity index (χ0) is 14.3.